The molecule has 0 unspecified atom stereocenters. The molecule has 1 heterocycles. The topological polar surface area (TPSA) is 49.3 Å². The summed E-state index contributed by atoms with van der Waals surface area (Å²) >= 11 is 0. The maximum Gasteiger partial charge on any atom is 0.191 e. The van der Waals surface area contributed by atoms with E-state index in [0.29, 0.717) is 0 Å². The van der Waals surface area contributed by atoms with Gasteiger partial charge in [-0.1, -0.05) is 24.3 Å². The van der Waals surface area contributed by atoms with Crippen molar-refractivity contribution in [2.45, 2.75) is 39.7 Å². The Morgan fingerprint density at radius 1 is 1.17 bits per heavy atom. The summed E-state index contributed by atoms with van der Waals surface area (Å²) in [5, 5.41) is 7.87. The molecule has 23 heavy (non-hydrogen) atoms. The van der Waals surface area contributed by atoms with E-state index in [1.54, 1.807) is 0 Å². The van der Waals surface area contributed by atoms with Crippen molar-refractivity contribution in [1.82, 2.24) is 15.6 Å². The number of hydrogen-bond acceptors (Lipinski definition) is 2. The predicted molar refractivity (Wildman–Crippen MR) is 110 cm³/mol. The Hall–Kier alpha value is -1.37. The van der Waals surface area contributed by atoms with Crippen molar-refractivity contribution in [3.05, 3.63) is 42.1 Å². The number of aliphatic imine (C=N–C) groups is 1. The molecule has 0 saturated heterocycles. The molecule has 2 rings (SSSR count). The predicted octanol–water partition coefficient (Wildman–Crippen LogP) is 3.75. The van der Waals surface area contributed by atoms with Crippen LogP contribution in [0.4, 0.5) is 0 Å². The standard InChI is InChI=1S/C18H26N4.HI/c1-5-19-17(22-18(2,3)4)21-13-11-15-9-6-8-14-10-7-12-20-16(14)15;/h6-10,12H,5,11,13H2,1-4H3,(H2,19,21,22);1H. The molecule has 1 aromatic heterocycles. The minimum absolute atomic E-state index is 0. The van der Waals surface area contributed by atoms with Crippen LogP contribution in [-0.2, 0) is 6.42 Å². The molecule has 0 fully saturated rings. The van der Waals surface area contributed by atoms with Crippen molar-refractivity contribution in [2.75, 3.05) is 13.1 Å². The number of benzene rings is 1. The van der Waals surface area contributed by atoms with Crippen LogP contribution in [0.1, 0.15) is 33.3 Å². The van der Waals surface area contributed by atoms with Crippen molar-refractivity contribution in [2.24, 2.45) is 4.99 Å². The Morgan fingerprint density at radius 3 is 2.61 bits per heavy atom. The van der Waals surface area contributed by atoms with E-state index < -0.39 is 0 Å². The summed E-state index contributed by atoms with van der Waals surface area (Å²) < 4.78 is 0. The third-order valence-electron chi connectivity index (χ3n) is 3.20. The van der Waals surface area contributed by atoms with Crippen LogP contribution in [0.15, 0.2) is 41.5 Å². The zero-order chi connectivity index (χ0) is 16.0. The second-order valence-electron chi connectivity index (χ2n) is 6.38. The second kappa shape index (κ2) is 9.05. The van der Waals surface area contributed by atoms with Gasteiger partial charge in [0.25, 0.3) is 0 Å². The summed E-state index contributed by atoms with van der Waals surface area (Å²) in [7, 11) is 0. The summed E-state index contributed by atoms with van der Waals surface area (Å²) in [6, 6.07) is 10.4. The van der Waals surface area contributed by atoms with Gasteiger partial charge in [-0.15, -0.1) is 24.0 Å². The average molecular weight is 426 g/mol. The Balaban J connectivity index is 0.00000264. The average Bonchev–Trinajstić information content (AvgIpc) is 2.46. The molecular weight excluding hydrogens is 399 g/mol. The van der Waals surface area contributed by atoms with Crippen LogP contribution in [0, 0.1) is 0 Å². The number of pyridine rings is 1. The minimum Gasteiger partial charge on any atom is -0.357 e. The van der Waals surface area contributed by atoms with Gasteiger partial charge in [-0.2, -0.15) is 0 Å². The highest BCUT2D eigenvalue weighted by atomic mass is 127. The molecule has 0 spiro atoms. The summed E-state index contributed by atoms with van der Waals surface area (Å²) in [5.74, 6) is 0.864. The van der Waals surface area contributed by atoms with Crippen LogP contribution in [0.5, 0.6) is 0 Å². The van der Waals surface area contributed by atoms with Crippen molar-refractivity contribution < 1.29 is 0 Å². The van der Waals surface area contributed by atoms with E-state index in [4.69, 9.17) is 0 Å². The van der Waals surface area contributed by atoms with Crippen molar-refractivity contribution in [1.29, 1.82) is 0 Å². The molecule has 2 N–H and O–H groups in total. The summed E-state index contributed by atoms with van der Waals surface area (Å²) in [6.07, 6.45) is 2.73. The van der Waals surface area contributed by atoms with Crippen LogP contribution in [0.2, 0.25) is 0 Å². The molecule has 0 amide bonds. The molecule has 0 radical (unpaired) electrons. The third-order valence-corrected chi connectivity index (χ3v) is 3.20. The summed E-state index contributed by atoms with van der Waals surface area (Å²) in [6.45, 7) is 10.1. The van der Waals surface area contributed by atoms with E-state index in [9.17, 15) is 0 Å². The van der Waals surface area contributed by atoms with Crippen molar-refractivity contribution in [3.63, 3.8) is 0 Å². The quantitative estimate of drug-likeness (QED) is 0.445. The fraction of sp³-hybridized carbons (Fsp3) is 0.444. The van der Waals surface area contributed by atoms with E-state index in [1.807, 2.05) is 12.3 Å². The van der Waals surface area contributed by atoms with Gasteiger partial charge in [0.05, 0.1) is 5.52 Å². The lowest BCUT2D eigenvalue weighted by Crippen LogP contribution is -2.47. The normalized spacial score (nSPS) is 11.9. The van der Waals surface area contributed by atoms with Gasteiger partial charge in [-0.25, -0.2) is 0 Å². The highest BCUT2D eigenvalue weighted by Crippen LogP contribution is 2.16. The highest BCUT2D eigenvalue weighted by Gasteiger charge is 2.11. The molecule has 2 aromatic rings. The van der Waals surface area contributed by atoms with Crippen LogP contribution in [0.3, 0.4) is 0 Å². The van der Waals surface area contributed by atoms with Crippen molar-refractivity contribution >= 4 is 40.8 Å². The van der Waals surface area contributed by atoms with E-state index in [0.717, 1.165) is 31.0 Å². The lowest BCUT2D eigenvalue weighted by atomic mass is 10.1. The molecule has 4 nitrogen and oxygen atoms in total. The molecule has 0 aliphatic rings. The minimum atomic E-state index is 0. The molecule has 0 atom stereocenters. The highest BCUT2D eigenvalue weighted by molar-refractivity contribution is 14.0. The van der Waals surface area contributed by atoms with Gasteiger partial charge in [0.15, 0.2) is 5.96 Å². The van der Waals surface area contributed by atoms with Crippen LogP contribution >= 0.6 is 24.0 Å². The third kappa shape index (κ3) is 6.33. The molecule has 0 aliphatic carbocycles. The lowest BCUT2D eigenvalue weighted by Gasteiger charge is -2.23. The van der Waals surface area contributed by atoms with Gasteiger partial charge < -0.3 is 10.6 Å². The van der Waals surface area contributed by atoms with Gasteiger partial charge in [0.2, 0.25) is 0 Å². The summed E-state index contributed by atoms with van der Waals surface area (Å²) in [5.41, 5.74) is 2.32. The Kier molecular flexibility index (Phi) is 7.75. The van der Waals surface area contributed by atoms with Gasteiger partial charge >= 0.3 is 0 Å². The number of aromatic nitrogens is 1. The Morgan fingerprint density at radius 2 is 1.91 bits per heavy atom. The zero-order valence-electron chi connectivity index (χ0n) is 14.4. The second-order valence-corrected chi connectivity index (χ2v) is 6.38. The van der Waals surface area contributed by atoms with Crippen LogP contribution in [-0.4, -0.2) is 29.6 Å². The first-order valence-corrected chi connectivity index (χ1v) is 7.89. The Bertz CT molecular complexity index is 642. The number of guanidine groups is 1. The van der Waals surface area contributed by atoms with Gasteiger partial charge in [-0.3, -0.25) is 9.98 Å². The first-order valence-electron chi connectivity index (χ1n) is 7.89. The molecular formula is C18H27IN4. The first kappa shape index (κ1) is 19.7. The maximum absolute atomic E-state index is 4.67. The van der Waals surface area contributed by atoms with Gasteiger partial charge in [0.1, 0.15) is 0 Å². The Labute approximate surface area is 156 Å². The van der Waals surface area contributed by atoms with Crippen LogP contribution < -0.4 is 10.6 Å². The number of nitrogens with zero attached hydrogens (tertiary/aromatic N) is 2. The zero-order valence-corrected chi connectivity index (χ0v) is 16.7. The molecule has 1 aromatic carbocycles. The summed E-state index contributed by atoms with van der Waals surface area (Å²) in [4.78, 5) is 9.16. The molecule has 0 aliphatic heterocycles. The molecule has 126 valence electrons. The van der Waals surface area contributed by atoms with Crippen LogP contribution in [0.25, 0.3) is 10.9 Å². The van der Waals surface area contributed by atoms with Gasteiger partial charge in [-0.05, 0) is 45.7 Å². The van der Waals surface area contributed by atoms with E-state index in [1.165, 1.54) is 10.9 Å². The lowest BCUT2D eigenvalue weighted by molar-refractivity contribution is 0.501. The fourth-order valence-electron chi connectivity index (χ4n) is 2.32. The van der Waals surface area contributed by atoms with E-state index in [2.05, 4.69) is 72.6 Å². The number of rotatable bonds is 4. The number of para-hydroxylation sites is 1. The largest absolute Gasteiger partial charge is 0.357 e. The van der Waals surface area contributed by atoms with E-state index >= 15 is 0 Å². The smallest absolute Gasteiger partial charge is 0.191 e. The number of fused-ring (bicyclic) bond motifs is 1. The van der Waals surface area contributed by atoms with Gasteiger partial charge in [0, 0.05) is 30.2 Å². The maximum atomic E-state index is 4.67. The molecule has 0 bridgehead atoms. The van der Waals surface area contributed by atoms with Crippen molar-refractivity contribution in [3.8, 4) is 0 Å². The fourth-order valence-corrected chi connectivity index (χ4v) is 2.32. The molecule has 5 heteroatoms. The molecule has 0 saturated carbocycles. The van der Waals surface area contributed by atoms with E-state index in [-0.39, 0.29) is 29.5 Å². The SMILES string of the molecule is CCNC(=NCCc1cccc2cccnc12)NC(C)(C)C.I. The first-order chi connectivity index (χ1) is 10.5. The number of nitrogens with one attached hydrogen (secondary N) is 2. The number of hydrogen-bond donors (Lipinski definition) is 2. The number of halogens is 1. The monoisotopic (exact) mass is 426 g/mol.